The van der Waals surface area contributed by atoms with Crippen LogP contribution in [-0.4, -0.2) is 61.3 Å². The van der Waals surface area contributed by atoms with Gasteiger partial charge in [0.15, 0.2) is 0 Å². The summed E-state index contributed by atoms with van der Waals surface area (Å²) in [7, 11) is 1.52. The number of likely N-dealkylation sites (tertiary alicyclic amines) is 1. The van der Waals surface area contributed by atoms with E-state index in [2.05, 4.69) is 5.32 Å². The van der Waals surface area contributed by atoms with Gasteiger partial charge >= 0.3 is 0 Å². The molecule has 0 aliphatic carbocycles. The molecule has 2 unspecified atom stereocenters. The molecular formula is C12H22N2O4. The van der Waals surface area contributed by atoms with Crippen LogP contribution in [0, 0.1) is 5.92 Å². The van der Waals surface area contributed by atoms with E-state index in [0.29, 0.717) is 32.5 Å². The fourth-order valence-electron chi connectivity index (χ4n) is 2.04. The molecule has 2 amide bonds. The van der Waals surface area contributed by atoms with E-state index in [0.717, 1.165) is 0 Å². The number of nitrogens with one attached hydrogen (secondary N) is 1. The molecule has 0 aromatic rings. The van der Waals surface area contributed by atoms with Crippen LogP contribution in [0.3, 0.4) is 0 Å². The summed E-state index contributed by atoms with van der Waals surface area (Å²) in [4.78, 5) is 25.0. The monoisotopic (exact) mass is 258 g/mol. The molecule has 6 nitrogen and oxygen atoms in total. The Hall–Kier alpha value is -1.14. The van der Waals surface area contributed by atoms with E-state index in [9.17, 15) is 14.7 Å². The van der Waals surface area contributed by atoms with Gasteiger partial charge in [-0.25, -0.2) is 0 Å². The number of hydrogen-bond acceptors (Lipinski definition) is 4. The van der Waals surface area contributed by atoms with Crippen LogP contribution in [0.4, 0.5) is 0 Å². The molecule has 0 spiro atoms. The van der Waals surface area contributed by atoms with Crippen molar-refractivity contribution in [1.29, 1.82) is 0 Å². The number of nitrogens with zero attached hydrogens (tertiary/aromatic N) is 1. The maximum Gasteiger partial charge on any atom is 0.225 e. The number of carbonyl (C=O) groups is 2. The number of amides is 2. The molecule has 0 aromatic heterocycles. The summed E-state index contributed by atoms with van der Waals surface area (Å²) in [6, 6.07) is 0. The summed E-state index contributed by atoms with van der Waals surface area (Å²) >= 11 is 0. The smallest absolute Gasteiger partial charge is 0.225 e. The molecular weight excluding hydrogens is 236 g/mol. The van der Waals surface area contributed by atoms with E-state index in [4.69, 9.17) is 4.74 Å². The SMILES string of the molecule is CCN1CC(C(=O)NCCC(O)COC)CC1=O. The molecule has 1 fully saturated rings. The van der Waals surface area contributed by atoms with Crippen LogP contribution in [0.25, 0.3) is 0 Å². The highest BCUT2D eigenvalue weighted by molar-refractivity contribution is 5.89. The molecule has 0 bridgehead atoms. The van der Waals surface area contributed by atoms with Crippen LogP contribution < -0.4 is 5.32 Å². The van der Waals surface area contributed by atoms with E-state index in [1.807, 2.05) is 6.92 Å². The Kier molecular flexibility index (Phi) is 6.07. The van der Waals surface area contributed by atoms with Crippen molar-refractivity contribution < 1.29 is 19.4 Å². The summed E-state index contributed by atoms with van der Waals surface area (Å²) in [5, 5.41) is 12.2. The van der Waals surface area contributed by atoms with Gasteiger partial charge in [0.1, 0.15) is 0 Å². The van der Waals surface area contributed by atoms with E-state index in [-0.39, 0.29) is 24.3 Å². The van der Waals surface area contributed by atoms with E-state index >= 15 is 0 Å². The fourth-order valence-corrected chi connectivity index (χ4v) is 2.04. The average Bonchev–Trinajstić information content (AvgIpc) is 2.71. The minimum absolute atomic E-state index is 0.0390. The third-order valence-corrected chi connectivity index (χ3v) is 3.10. The zero-order chi connectivity index (χ0) is 13.5. The molecule has 0 aromatic carbocycles. The zero-order valence-corrected chi connectivity index (χ0v) is 11.0. The number of methoxy groups -OCH3 is 1. The third-order valence-electron chi connectivity index (χ3n) is 3.10. The molecule has 1 aliphatic rings. The van der Waals surface area contributed by atoms with Crippen LogP contribution in [0.5, 0.6) is 0 Å². The highest BCUT2D eigenvalue weighted by Gasteiger charge is 2.33. The first-order valence-electron chi connectivity index (χ1n) is 6.31. The number of aliphatic hydroxyl groups is 1. The van der Waals surface area contributed by atoms with Crippen molar-refractivity contribution in [3.05, 3.63) is 0 Å². The van der Waals surface area contributed by atoms with Gasteiger partial charge in [-0.3, -0.25) is 9.59 Å². The van der Waals surface area contributed by atoms with Crippen molar-refractivity contribution in [3.8, 4) is 0 Å². The molecule has 2 N–H and O–H groups in total. The maximum absolute atomic E-state index is 11.8. The molecule has 1 aliphatic heterocycles. The minimum Gasteiger partial charge on any atom is -0.391 e. The van der Waals surface area contributed by atoms with Crippen LogP contribution in [0.15, 0.2) is 0 Å². The van der Waals surface area contributed by atoms with E-state index in [1.165, 1.54) is 7.11 Å². The number of rotatable bonds is 7. The minimum atomic E-state index is -0.562. The van der Waals surface area contributed by atoms with Gasteiger partial charge in [0.25, 0.3) is 0 Å². The summed E-state index contributed by atoms with van der Waals surface area (Å²) in [6.07, 6.45) is 0.186. The molecule has 0 saturated carbocycles. The summed E-state index contributed by atoms with van der Waals surface area (Å²) in [6.45, 7) is 3.72. The van der Waals surface area contributed by atoms with Crippen LogP contribution in [0.1, 0.15) is 19.8 Å². The van der Waals surface area contributed by atoms with Crippen molar-refractivity contribution in [3.63, 3.8) is 0 Å². The zero-order valence-electron chi connectivity index (χ0n) is 11.0. The second kappa shape index (κ2) is 7.33. The van der Waals surface area contributed by atoms with Crippen molar-refractivity contribution in [2.45, 2.75) is 25.9 Å². The largest absolute Gasteiger partial charge is 0.391 e. The maximum atomic E-state index is 11.8. The van der Waals surface area contributed by atoms with Crippen molar-refractivity contribution in [1.82, 2.24) is 10.2 Å². The molecule has 1 heterocycles. The van der Waals surface area contributed by atoms with Gasteiger partial charge in [0, 0.05) is 33.2 Å². The predicted octanol–water partition coefficient (Wildman–Crippen LogP) is -0.632. The summed E-state index contributed by atoms with van der Waals surface area (Å²) in [5.74, 6) is -0.321. The van der Waals surface area contributed by atoms with Crippen molar-refractivity contribution >= 4 is 11.8 Å². The van der Waals surface area contributed by atoms with Crippen LogP contribution in [0.2, 0.25) is 0 Å². The molecule has 0 radical (unpaired) electrons. The number of aliphatic hydroxyl groups excluding tert-OH is 1. The number of hydrogen-bond donors (Lipinski definition) is 2. The fraction of sp³-hybridized carbons (Fsp3) is 0.833. The van der Waals surface area contributed by atoms with Gasteiger partial charge in [0.2, 0.25) is 11.8 Å². The van der Waals surface area contributed by atoms with Gasteiger partial charge < -0.3 is 20.1 Å². The summed E-state index contributed by atoms with van der Waals surface area (Å²) < 4.78 is 4.79. The van der Waals surface area contributed by atoms with Crippen LogP contribution in [-0.2, 0) is 14.3 Å². The lowest BCUT2D eigenvalue weighted by Crippen LogP contribution is -2.35. The highest BCUT2D eigenvalue weighted by Crippen LogP contribution is 2.17. The van der Waals surface area contributed by atoms with E-state index < -0.39 is 6.10 Å². The van der Waals surface area contributed by atoms with Crippen molar-refractivity contribution in [2.75, 3.05) is 33.4 Å². The lowest BCUT2D eigenvalue weighted by molar-refractivity contribution is -0.128. The lowest BCUT2D eigenvalue weighted by atomic mass is 10.1. The normalized spacial score (nSPS) is 21.2. The Morgan fingerprint density at radius 3 is 2.94 bits per heavy atom. The third kappa shape index (κ3) is 4.27. The van der Waals surface area contributed by atoms with Gasteiger partial charge in [-0.2, -0.15) is 0 Å². The first-order valence-corrected chi connectivity index (χ1v) is 6.31. The highest BCUT2D eigenvalue weighted by atomic mass is 16.5. The second-order valence-corrected chi connectivity index (χ2v) is 4.52. The Labute approximate surface area is 107 Å². The van der Waals surface area contributed by atoms with Gasteiger partial charge in [0.05, 0.1) is 18.6 Å². The summed E-state index contributed by atoms with van der Waals surface area (Å²) in [5.41, 5.74) is 0. The Morgan fingerprint density at radius 2 is 2.39 bits per heavy atom. The molecule has 18 heavy (non-hydrogen) atoms. The molecule has 1 saturated heterocycles. The predicted molar refractivity (Wildman–Crippen MR) is 65.9 cm³/mol. The Balaban J connectivity index is 2.24. The standard InChI is InChI=1S/C12H22N2O4/c1-3-14-7-9(6-11(14)16)12(17)13-5-4-10(15)8-18-2/h9-10,15H,3-8H2,1-2H3,(H,13,17). The Morgan fingerprint density at radius 1 is 1.67 bits per heavy atom. The molecule has 1 rings (SSSR count). The quantitative estimate of drug-likeness (QED) is 0.637. The second-order valence-electron chi connectivity index (χ2n) is 4.52. The van der Waals surface area contributed by atoms with Crippen LogP contribution >= 0.6 is 0 Å². The van der Waals surface area contributed by atoms with E-state index in [1.54, 1.807) is 4.90 Å². The molecule has 104 valence electrons. The first-order chi connectivity index (χ1) is 8.58. The first kappa shape index (κ1) is 14.9. The Bertz CT molecular complexity index is 296. The molecule has 6 heteroatoms. The lowest BCUT2D eigenvalue weighted by Gasteiger charge is -2.14. The van der Waals surface area contributed by atoms with Crippen molar-refractivity contribution in [2.24, 2.45) is 5.92 Å². The molecule has 2 atom stereocenters. The number of carbonyl (C=O) groups excluding carboxylic acids is 2. The van der Waals surface area contributed by atoms with Gasteiger partial charge in [-0.1, -0.05) is 0 Å². The van der Waals surface area contributed by atoms with Gasteiger partial charge in [-0.15, -0.1) is 0 Å². The number of ether oxygens (including phenoxy) is 1. The average molecular weight is 258 g/mol. The topological polar surface area (TPSA) is 78.9 Å². The van der Waals surface area contributed by atoms with Gasteiger partial charge in [-0.05, 0) is 13.3 Å².